The lowest BCUT2D eigenvalue weighted by Gasteiger charge is -2.09. The van der Waals surface area contributed by atoms with E-state index in [2.05, 4.69) is 10.2 Å². The standard InChI is InChI=1S/C13H15ClN4O2/c1-3-7-17-11(8-14)15-16-13(17)10-6-4-5-9(2)12(10)18(19)20/h4-6H,3,7-8H2,1-2H3. The van der Waals surface area contributed by atoms with Gasteiger partial charge in [0.1, 0.15) is 5.82 Å². The molecule has 1 aromatic carbocycles. The van der Waals surface area contributed by atoms with Crippen LogP contribution in [-0.4, -0.2) is 19.7 Å². The van der Waals surface area contributed by atoms with Crippen molar-refractivity contribution in [1.29, 1.82) is 0 Å². The van der Waals surface area contributed by atoms with Crippen molar-refractivity contribution < 1.29 is 4.92 Å². The third kappa shape index (κ3) is 2.51. The van der Waals surface area contributed by atoms with E-state index in [1.54, 1.807) is 25.1 Å². The average molecular weight is 295 g/mol. The Balaban J connectivity index is 2.66. The van der Waals surface area contributed by atoms with Crippen LogP contribution in [0.1, 0.15) is 24.7 Å². The number of nitro benzene ring substituents is 1. The average Bonchev–Trinajstić information content (AvgIpc) is 2.81. The molecule has 0 aliphatic heterocycles. The lowest BCUT2D eigenvalue weighted by atomic mass is 10.1. The number of nitro groups is 1. The van der Waals surface area contributed by atoms with E-state index in [-0.39, 0.29) is 16.5 Å². The summed E-state index contributed by atoms with van der Waals surface area (Å²) >= 11 is 5.84. The van der Waals surface area contributed by atoms with Crippen molar-refractivity contribution in [2.45, 2.75) is 32.7 Å². The zero-order valence-corrected chi connectivity index (χ0v) is 12.1. The fourth-order valence-electron chi connectivity index (χ4n) is 2.17. The Labute approximate surface area is 121 Å². The number of nitrogens with zero attached hydrogens (tertiary/aromatic N) is 4. The van der Waals surface area contributed by atoms with Crippen LogP contribution in [0, 0.1) is 17.0 Å². The number of para-hydroxylation sites is 1. The predicted molar refractivity (Wildman–Crippen MR) is 76.7 cm³/mol. The van der Waals surface area contributed by atoms with E-state index in [9.17, 15) is 10.1 Å². The van der Waals surface area contributed by atoms with Crippen LogP contribution >= 0.6 is 11.6 Å². The van der Waals surface area contributed by atoms with Crippen LogP contribution in [0.2, 0.25) is 0 Å². The summed E-state index contributed by atoms with van der Waals surface area (Å²) in [7, 11) is 0. The number of halogens is 1. The molecule has 0 saturated carbocycles. The van der Waals surface area contributed by atoms with Crippen molar-refractivity contribution in [1.82, 2.24) is 14.8 Å². The molecule has 6 nitrogen and oxygen atoms in total. The third-order valence-corrected chi connectivity index (χ3v) is 3.29. The molecule has 0 saturated heterocycles. The molecule has 1 heterocycles. The molecule has 0 N–H and O–H groups in total. The Bertz CT molecular complexity index is 639. The highest BCUT2D eigenvalue weighted by Gasteiger charge is 2.23. The molecule has 2 rings (SSSR count). The first-order valence-electron chi connectivity index (χ1n) is 6.32. The van der Waals surface area contributed by atoms with E-state index in [0.29, 0.717) is 29.3 Å². The van der Waals surface area contributed by atoms with Crippen molar-refractivity contribution in [2.24, 2.45) is 0 Å². The number of benzene rings is 1. The zero-order chi connectivity index (χ0) is 14.7. The largest absolute Gasteiger partial charge is 0.310 e. The van der Waals surface area contributed by atoms with Crippen LogP contribution < -0.4 is 0 Å². The molecule has 0 bridgehead atoms. The van der Waals surface area contributed by atoms with E-state index in [1.165, 1.54) is 0 Å². The molecular formula is C13H15ClN4O2. The summed E-state index contributed by atoms with van der Waals surface area (Å²) < 4.78 is 1.84. The van der Waals surface area contributed by atoms with Gasteiger partial charge in [-0.15, -0.1) is 21.8 Å². The van der Waals surface area contributed by atoms with E-state index in [4.69, 9.17) is 11.6 Å². The smallest absolute Gasteiger partial charge is 0.283 e. The van der Waals surface area contributed by atoms with Crippen LogP contribution in [-0.2, 0) is 12.4 Å². The van der Waals surface area contributed by atoms with Gasteiger partial charge in [-0.05, 0) is 19.4 Å². The van der Waals surface area contributed by atoms with Gasteiger partial charge in [0.2, 0.25) is 0 Å². The molecular weight excluding hydrogens is 280 g/mol. The molecule has 7 heteroatoms. The minimum Gasteiger partial charge on any atom is -0.310 e. The molecule has 2 aromatic rings. The van der Waals surface area contributed by atoms with Gasteiger partial charge >= 0.3 is 0 Å². The topological polar surface area (TPSA) is 73.8 Å². The molecule has 106 valence electrons. The Morgan fingerprint density at radius 1 is 1.40 bits per heavy atom. The van der Waals surface area contributed by atoms with Crippen LogP contribution in [0.25, 0.3) is 11.4 Å². The summed E-state index contributed by atoms with van der Waals surface area (Å²) in [4.78, 5) is 10.9. The fraction of sp³-hybridized carbons (Fsp3) is 0.385. The van der Waals surface area contributed by atoms with Gasteiger partial charge in [0.05, 0.1) is 16.4 Å². The van der Waals surface area contributed by atoms with E-state index in [1.807, 2.05) is 11.5 Å². The number of alkyl halides is 1. The lowest BCUT2D eigenvalue weighted by Crippen LogP contribution is -2.05. The molecule has 0 aliphatic carbocycles. The van der Waals surface area contributed by atoms with Gasteiger partial charge in [-0.2, -0.15) is 0 Å². The first kappa shape index (κ1) is 14.5. The highest BCUT2D eigenvalue weighted by Crippen LogP contribution is 2.32. The summed E-state index contributed by atoms with van der Waals surface area (Å²) in [6.07, 6.45) is 0.870. The molecule has 0 spiro atoms. The Kier molecular flexibility index (Phi) is 4.34. The van der Waals surface area contributed by atoms with E-state index in [0.717, 1.165) is 6.42 Å². The second-order valence-electron chi connectivity index (χ2n) is 4.45. The molecule has 20 heavy (non-hydrogen) atoms. The molecule has 0 aliphatic rings. The van der Waals surface area contributed by atoms with Crippen LogP contribution in [0.5, 0.6) is 0 Å². The summed E-state index contributed by atoms with van der Waals surface area (Å²) in [5.74, 6) is 1.35. The number of hydrogen-bond acceptors (Lipinski definition) is 4. The number of aromatic nitrogens is 3. The van der Waals surface area contributed by atoms with Crippen LogP contribution in [0.4, 0.5) is 5.69 Å². The normalized spacial score (nSPS) is 10.8. The molecule has 0 unspecified atom stereocenters. The Morgan fingerprint density at radius 2 is 2.15 bits per heavy atom. The predicted octanol–water partition coefficient (Wildman–Crippen LogP) is 3.31. The van der Waals surface area contributed by atoms with Crippen molar-refractivity contribution >= 4 is 17.3 Å². The molecule has 0 radical (unpaired) electrons. The van der Waals surface area contributed by atoms with Gasteiger partial charge in [0.15, 0.2) is 5.82 Å². The minimum atomic E-state index is -0.379. The van der Waals surface area contributed by atoms with Crippen molar-refractivity contribution in [3.63, 3.8) is 0 Å². The molecule has 0 amide bonds. The van der Waals surface area contributed by atoms with Crippen molar-refractivity contribution in [3.05, 3.63) is 39.7 Å². The first-order chi connectivity index (χ1) is 9.60. The number of hydrogen-bond donors (Lipinski definition) is 0. The maximum atomic E-state index is 11.3. The monoisotopic (exact) mass is 294 g/mol. The molecule has 1 aromatic heterocycles. The van der Waals surface area contributed by atoms with Crippen LogP contribution in [0.3, 0.4) is 0 Å². The molecule has 0 fully saturated rings. The van der Waals surface area contributed by atoms with Gasteiger partial charge in [0, 0.05) is 12.1 Å². The van der Waals surface area contributed by atoms with Gasteiger partial charge in [-0.3, -0.25) is 10.1 Å². The first-order valence-corrected chi connectivity index (χ1v) is 6.86. The quantitative estimate of drug-likeness (QED) is 0.482. The maximum Gasteiger partial charge on any atom is 0.283 e. The SMILES string of the molecule is CCCn1c(CCl)nnc1-c1cccc(C)c1[N+](=O)[O-]. The van der Waals surface area contributed by atoms with Gasteiger partial charge in [-0.1, -0.05) is 19.1 Å². The minimum absolute atomic E-state index is 0.0679. The molecule has 0 atom stereocenters. The van der Waals surface area contributed by atoms with Crippen LogP contribution in [0.15, 0.2) is 18.2 Å². The Morgan fingerprint density at radius 3 is 2.75 bits per heavy atom. The van der Waals surface area contributed by atoms with Crippen molar-refractivity contribution in [2.75, 3.05) is 0 Å². The summed E-state index contributed by atoms with van der Waals surface area (Å²) in [5.41, 5.74) is 1.15. The number of aryl methyl sites for hydroxylation is 1. The lowest BCUT2D eigenvalue weighted by molar-refractivity contribution is -0.384. The zero-order valence-electron chi connectivity index (χ0n) is 11.3. The third-order valence-electron chi connectivity index (χ3n) is 3.06. The van der Waals surface area contributed by atoms with Gasteiger partial charge in [0.25, 0.3) is 5.69 Å². The van der Waals surface area contributed by atoms with E-state index < -0.39 is 0 Å². The van der Waals surface area contributed by atoms with Gasteiger partial charge in [-0.25, -0.2) is 0 Å². The van der Waals surface area contributed by atoms with E-state index >= 15 is 0 Å². The number of rotatable bonds is 5. The second kappa shape index (κ2) is 6.00. The summed E-state index contributed by atoms with van der Waals surface area (Å²) in [6, 6.07) is 5.19. The Hall–Kier alpha value is -1.95. The fourth-order valence-corrected chi connectivity index (χ4v) is 2.37. The maximum absolute atomic E-state index is 11.3. The highest BCUT2D eigenvalue weighted by molar-refractivity contribution is 6.16. The highest BCUT2D eigenvalue weighted by atomic mass is 35.5. The van der Waals surface area contributed by atoms with Gasteiger partial charge < -0.3 is 4.57 Å². The summed E-state index contributed by atoms with van der Waals surface area (Å²) in [5, 5.41) is 19.4. The second-order valence-corrected chi connectivity index (χ2v) is 4.72. The van der Waals surface area contributed by atoms with Crippen molar-refractivity contribution in [3.8, 4) is 11.4 Å². The summed E-state index contributed by atoms with van der Waals surface area (Å²) in [6.45, 7) is 4.41.